The summed E-state index contributed by atoms with van der Waals surface area (Å²) in [4.78, 5) is 0. The van der Waals surface area contributed by atoms with Crippen LogP contribution in [0.5, 0.6) is 0 Å². The lowest BCUT2D eigenvalue weighted by molar-refractivity contribution is -0.139. The second kappa shape index (κ2) is 4.46. The first-order valence-electron chi connectivity index (χ1n) is 8.26. The Bertz CT molecular complexity index is 345. The highest BCUT2D eigenvalue weighted by Crippen LogP contribution is 2.66. The molecule has 3 fully saturated rings. The van der Waals surface area contributed by atoms with Crippen molar-refractivity contribution in [2.45, 2.75) is 77.4 Å². The Morgan fingerprint density at radius 2 is 1.79 bits per heavy atom. The van der Waals surface area contributed by atoms with E-state index in [0.29, 0.717) is 16.9 Å². The minimum atomic E-state index is 0.142. The first kappa shape index (κ1) is 13.9. The summed E-state index contributed by atoms with van der Waals surface area (Å²) in [5.41, 5.74) is 1.01. The van der Waals surface area contributed by atoms with Gasteiger partial charge in [-0.1, -0.05) is 33.6 Å². The molecule has 1 N–H and O–H groups in total. The van der Waals surface area contributed by atoms with Crippen molar-refractivity contribution >= 4 is 0 Å². The Morgan fingerprint density at radius 1 is 1.11 bits per heavy atom. The number of ether oxygens (including phenoxy) is 1. The lowest BCUT2D eigenvalue weighted by Crippen LogP contribution is -2.47. The topological polar surface area (TPSA) is 21.3 Å². The number of hydrogen-bond acceptors (Lipinski definition) is 2. The van der Waals surface area contributed by atoms with Crippen molar-refractivity contribution < 1.29 is 4.74 Å². The fraction of sp³-hybridized carbons (Fsp3) is 1.00. The van der Waals surface area contributed by atoms with Gasteiger partial charge in [0.2, 0.25) is 0 Å². The zero-order valence-electron chi connectivity index (χ0n) is 13.2. The molecule has 0 aromatic heterocycles. The van der Waals surface area contributed by atoms with Gasteiger partial charge in [0.15, 0.2) is 0 Å². The van der Waals surface area contributed by atoms with E-state index in [1.807, 2.05) is 0 Å². The number of nitrogens with one attached hydrogen (secondary N) is 1. The van der Waals surface area contributed by atoms with Crippen molar-refractivity contribution in [1.82, 2.24) is 5.32 Å². The average Bonchev–Trinajstić information content (AvgIpc) is 2.93. The molecule has 2 bridgehead atoms. The van der Waals surface area contributed by atoms with E-state index in [1.165, 1.54) is 44.9 Å². The maximum absolute atomic E-state index is 6.81. The quantitative estimate of drug-likeness (QED) is 0.836. The van der Waals surface area contributed by atoms with Crippen LogP contribution in [0.25, 0.3) is 0 Å². The van der Waals surface area contributed by atoms with Crippen LogP contribution in [0.2, 0.25) is 0 Å². The third-order valence-corrected chi connectivity index (χ3v) is 7.12. The predicted molar refractivity (Wildman–Crippen MR) is 79.2 cm³/mol. The average molecular weight is 265 g/mol. The molecule has 0 amide bonds. The molecule has 2 heteroatoms. The highest BCUT2D eigenvalue weighted by molar-refractivity contribution is 5.12. The largest absolute Gasteiger partial charge is 0.370 e. The summed E-state index contributed by atoms with van der Waals surface area (Å²) in [5.74, 6) is 0.885. The maximum atomic E-state index is 6.81. The molecule has 110 valence electrons. The third-order valence-electron chi connectivity index (χ3n) is 7.12. The normalized spacial score (nSPS) is 42.9. The van der Waals surface area contributed by atoms with Crippen LogP contribution in [0, 0.1) is 16.7 Å². The molecule has 0 heterocycles. The first-order chi connectivity index (χ1) is 8.94. The van der Waals surface area contributed by atoms with Gasteiger partial charge in [-0.2, -0.15) is 0 Å². The number of rotatable bonds is 4. The van der Waals surface area contributed by atoms with Gasteiger partial charge < -0.3 is 10.1 Å². The van der Waals surface area contributed by atoms with Gasteiger partial charge in [0.25, 0.3) is 0 Å². The van der Waals surface area contributed by atoms with Gasteiger partial charge in [-0.3, -0.25) is 0 Å². The molecule has 3 aliphatic carbocycles. The Kier molecular flexibility index (Phi) is 3.26. The Balaban J connectivity index is 1.77. The van der Waals surface area contributed by atoms with Gasteiger partial charge in [-0.25, -0.2) is 0 Å². The molecular weight excluding hydrogens is 234 g/mol. The predicted octanol–water partition coefficient (Wildman–Crippen LogP) is 3.75. The van der Waals surface area contributed by atoms with Crippen LogP contribution >= 0.6 is 0 Å². The zero-order valence-corrected chi connectivity index (χ0v) is 13.2. The van der Waals surface area contributed by atoms with Gasteiger partial charge in [-0.05, 0) is 55.9 Å². The molecule has 0 aliphatic heterocycles. The van der Waals surface area contributed by atoms with E-state index in [4.69, 9.17) is 4.74 Å². The van der Waals surface area contributed by atoms with Crippen molar-refractivity contribution in [3.8, 4) is 0 Å². The highest BCUT2D eigenvalue weighted by Gasteiger charge is 2.63. The minimum absolute atomic E-state index is 0.142. The molecule has 3 atom stereocenters. The zero-order chi connectivity index (χ0) is 13.7. The molecule has 19 heavy (non-hydrogen) atoms. The van der Waals surface area contributed by atoms with Crippen LogP contribution in [-0.4, -0.2) is 25.3 Å². The number of fused-ring (bicyclic) bond motifs is 2. The van der Waals surface area contributed by atoms with Crippen LogP contribution < -0.4 is 5.32 Å². The van der Waals surface area contributed by atoms with Crippen LogP contribution in [0.1, 0.15) is 65.7 Å². The number of hydrogen-bond donors (Lipinski definition) is 1. The number of likely N-dealkylation sites (N-methyl/N-ethyl adjacent to an activating group) is 1. The monoisotopic (exact) mass is 265 g/mol. The van der Waals surface area contributed by atoms with Crippen molar-refractivity contribution in [2.75, 3.05) is 13.6 Å². The van der Waals surface area contributed by atoms with Crippen LogP contribution in [0.3, 0.4) is 0 Å². The van der Waals surface area contributed by atoms with Gasteiger partial charge in [0.1, 0.15) is 0 Å². The molecule has 2 nitrogen and oxygen atoms in total. The van der Waals surface area contributed by atoms with Crippen LogP contribution in [0.15, 0.2) is 0 Å². The van der Waals surface area contributed by atoms with E-state index in [-0.39, 0.29) is 5.60 Å². The molecular formula is C17H31NO. The summed E-state index contributed by atoms with van der Waals surface area (Å²) < 4.78 is 6.81. The van der Waals surface area contributed by atoms with Crippen LogP contribution in [0.4, 0.5) is 0 Å². The molecule has 0 saturated heterocycles. The summed E-state index contributed by atoms with van der Waals surface area (Å²) >= 11 is 0. The van der Waals surface area contributed by atoms with E-state index < -0.39 is 0 Å². The minimum Gasteiger partial charge on any atom is -0.370 e. The van der Waals surface area contributed by atoms with Gasteiger partial charge in [-0.15, -0.1) is 0 Å². The maximum Gasteiger partial charge on any atom is 0.0810 e. The Labute approximate surface area is 118 Å². The van der Waals surface area contributed by atoms with E-state index in [2.05, 4.69) is 33.1 Å². The van der Waals surface area contributed by atoms with Crippen molar-refractivity contribution in [2.24, 2.45) is 16.7 Å². The fourth-order valence-corrected chi connectivity index (χ4v) is 5.29. The molecule has 0 spiro atoms. The fourth-order valence-electron chi connectivity index (χ4n) is 5.29. The third kappa shape index (κ3) is 1.90. The van der Waals surface area contributed by atoms with Gasteiger partial charge >= 0.3 is 0 Å². The van der Waals surface area contributed by atoms with Crippen molar-refractivity contribution in [1.29, 1.82) is 0 Å². The molecule has 3 rings (SSSR count). The smallest absolute Gasteiger partial charge is 0.0810 e. The SMILES string of the molecule is CNCC1(OC2CC3CCC2(C)C3(C)C)CCCC1. The summed E-state index contributed by atoms with van der Waals surface area (Å²) in [6, 6.07) is 0. The van der Waals surface area contributed by atoms with E-state index in [9.17, 15) is 0 Å². The van der Waals surface area contributed by atoms with Crippen molar-refractivity contribution in [3.05, 3.63) is 0 Å². The first-order valence-corrected chi connectivity index (χ1v) is 8.26. The van der Waals surface area contributed by atoms with E-state index in [0.717, 1.165) is 12.5 Å². The molecule has 3 aliphatic rings. The summed E-state index contributed by atoms with van der Waals surface area (Å²) in [6.07, 6.45) is 9.78. The van der Waals surface area contributed by atoms with Crippen LogP contribution in [-0.2, 0) is 4.74 Å². The standard InChI is InChI=1S/C17H31NO/c1-15(2)13-7-10-16(15,3)14(11-13)19-17(12-18-4)8-5-6-9-17/h13-14,18H,5-12H2,1-4H3. The van der Waals surface area contributed by atoms with E-state index in [1.54, 1.807) is 0 Å². The summed E-state index contributed by atoms with van der Waals surface area (Å²) in [5, 5.41) is 3.38. The van der Waals surface area contributed by atoms with E-state index >= 15 is 0 Å². The van der Waals surface area contributed by atoms with Gasteiger partial charge in [0, 0.05) is 6.54 Å². The summed E-state index contributed by atoms with van der Waals surface area (Å²) in [6.45, 7) is 8.48. The lowest BCUT2D eigenvalue weighted by atomic mass is 9.70. The molecule has 0 aromatic rings. The highest BCUT2D eigenvalue weighted by atomic mass is 16.5. The Hall–Kier alpha value is -0.0800. The lowest BCUT2D eigenvalue weighted by Gasteiger charge is -2.43. The second-order valence-electron chi connectivity index (χ2n) is 8.14. The summed E-state index contributed by atoms with van der Waals surface area (Å²) in [7, 11) is 2.07. The molecule has 3 saturated carbocycles. The molecule has 0 radical (unpaired) electrons. The molecule has 3 unspecified atom stereocenters. The molecule has 0 aromatic carbocycles. The Morgan fingerprint density at radius 3 is 2.26 bits per heavy atom. The van der Waals surface area contributed by atoms with Gasteiger partial charge in [0.05, 0.1) is 11.7 Å². The second-order valence-corrected chi connectivity index (χ2v) is 8.14. The van der Waals surface area contributed by atoms with Crippen molar-refractivity contribution in [3.63, 3.8) is 0 Å².